The number of aliphatic hydroxyl groups is 1. The lowest BCUT2D eigenvalue weighted by atomic mass is 10.0. The minimum Gasteiger partial charge on any atom is -1.00 e. The van der Waals surface area contributed by atoms with E-state index in [4.69, 9.17) is 5.11 Å². The second-order valence-corrected chi connectivity index (χ2v) is 8.70. The molecule has 0 bridgehead atoms. The second-order valence-electron chi connectivity index (χ2n) is 8.70. The molecule has 0 fully saturated rings. The number of hydrogen-bond acceptors (Lipinski definition) is 1. The maximum absolute atomic E-state index is 8.06. The van der Waals surface area contributed by atoms with Crippen LogP contribution < -0.4 is 12.4 Å². The van der Waals surface area contributed by atoms with Crippen molar-refractivity contribution in [3.05, 3.63) is 0 Å². The third-order valence-corrected chi connectivity index (χ3v) is 4.18. The Labute approximate surface area is 166 Å². The Morgan fingerprint density at radius 1 is 0.600 bits per heavy atom. The van der Waals surface area contributed by atoms with E-state index >= 15 is 0 Å². The van der Waals surface area contributed by atoms with Crippen LogP contribution in [0, 0.1) is 0 Å². The van der Waals surface area contributed by atoms with E-state index in [9.17, 15) is 0 Å². The molecule has 0 saturated heterocycles. The third kappa shape index (κ3) is 40.3. The van der Waals surface area contributed by atoms with Gasteiger partial charge in [0.1, 0.15) is 0 Å². The zero-order valence-corrected chi connectivity index (χ0v) is 19.2. The topological polar surface area (TPSA) is 20.2 Å². The summed E-state index contributed by atoms with van der Waals surface area (Å²) in [5.74, 6) is 0. The normalized spacial score (nSPS) is 11.0. The van der Waals surface area contributed by atoms with Gasteiger partial charge in [-0.3, -0.25) is 0 Å². The molecule has 0 aromatic heterocycles. The lowest BCUT2D eigenvalue weighted by molar-refractivity contribution is -0.870. The van der Waals surface area contributed by atoms with Gasteiger partial charge in [0.2, 0.25) is 0 Å². The first-order chi connectivity index (χ1) is 11.3. The van der Waals surface area contributed by atoms with Crippen molar-refractivity contribution in [1.82, 2.24) is 0 Å². The van der Waals surface area contributed by atoms with Crippen LogP contribution in [0.1, 0.15) is 111 Å². The molecule has 0 saturated carbocycles. The summed E-state index contributed by atoms with van der Waals surface area (Å²) in [5, 5.41) is 8.06. The van der Waals surface area contributed by atoms with Gasteiger partial charge in [-0.1, -0.05) is 84.0 Å². The SMILES string of the molecule is CC(C)O.CCCCCCCCCCCCCCCC[N+](C)(C)C.[Cl-]. The molecule has 0 atom stereocenters. The summed E-state index contributed by atoms with van der Waals surface area (Å²) in [5.41, 5.74) is 0. The smallest absolute Gasteiger partial charge is 0.0780 e. The van der Waals surface area contributed by atoms with Crippen molar-refractivity contribution >= 4 is 0 Å². The minimum absolute atomic E-state index is 0. The highest BCUT2D eigenvalue weighted by Crippen LogP contribution is 2.13. The average molecular weight is 380 g/mol. The molecule has 0 aliphatic carbocycles. The predicted molar refractivity (Wildman–Crippen MR) is 111 cm³/mol. The molecule has 156 valence electrons. The summed E-state index contributed by atoms with van der Waals surface area (Å²) in [6.07, 6.45) is 20.2. The number of rotatable bonds is 15. The van der Waals surface area contributed by atoms with Gasteiger partial charge < -0.3 is 22.0 Å². The van der Waals surface area contributed by atoms with Gasteiger partial charge in [0.05, 0.1) is 27.7 Å². The highest BCUT2D eigenvalue weighted by Gasteiger charge is 2.04. The number of nitrogens with zero attached hydrogens (tertiary/aromatic N) is 1. The molecule has 3 heteroatoms. The minimum atomic E-state index is -0.167. The zero-order valence-electron chi connectivity index (χ0n) is 18.5. The van der Waals surface area contributed by atoms with E-state index in [0.29, 0.717) is 0 Å². The Morgan fingerprint density at radius 3 is 1.08 bits per heavy atom. The van der Waals surface area contributed by atoms with Crippen LogP contribution in [-0.4, -0.2) is 43.4 Å². The average Bonchev–Trinajstić information content (AvgIpc) is 2.46. The number of halogens is 1. The Hall–Kier alpha value is 0.210. The van der Waals surface area contributed by atoms with Crippen LogP contribution in [-0.2, 0) is 0 Å². The van der Waals surface area contributed by atoms with Crippen molar-refractivity contribution in [3.8, 4) is 0 Å². The number of aliphatic hydroxyl groups excluding tert-OH is 1. The summed E-state index contributed by atoms with van der Waals surface area (Å²) in [7, 11) is 6.88. The second kappa shape index (κ2) is 22.3. The number of quaternary nitrogens is 1. The summed E-state index contributed by atoms with van der Waals surface area (Å²) in [6, 6.07) is 0. The van der Waals surface area contributed by atoms with Gasteiger partial charge in [-0.15, -0.1) is 0 Å². The summed E-state index contributed by atoms with van der Waals surface area (Å²) < 4.78 is 1.12. The number of hydrogen-bond donors (Lipinski definition) is 1. The molecule has 1 N–H and O–H groups in total. The Bertz CT molecular complexity index is 224. The van der Waals surface area contributed by atoms with Gasteiger partial charge in [-0.25, -0.2) is 0 Å². The first-order valence-corrected chi connectivity index (χ1v) is 10.8. The lowest BCUT2D eigenvalue weighted by Crippen LogP contribution is -3.00. The molecule has 0 heterocycles. The largest absolute Gasteiger partial charge is 1.00 e. The highest BCUT2D eigenvalue weighted by molar-refractivity contribution is 4.49. The van der Waals surface area contributed by atoms with Crippen LogP contribution >= 0.6 is 0 Å². The van der Waals surface area contributed by atoms with Crippen molar-refractivity contribution in [3.63, 3.8) is 0 Å². The molecule has 0 radical (unpaired) electrons. The molecule has 0 spiro atoms. The standard InChI is InChI=1S/C19H42N.C3H8O.ClH/c1-5-6-7-8-9-10-11-12-13-14-15-16-17-18-19-20(2,3)4;1-3(2)4;/h5-19H2,1-4H3;3-4H,1-2H3;1H/q+1;;/p-1. The molecule has 25 heavy (non-hydrogen) atoms. The summed E-state index contributed by atoms with van der Waals surface area (Å²) in [6.45, 7) is 7.07. The predicted octanol–water partition coefficient (Wildman–Crippen LogP) is 3.57. The molecular weight excluding hydrogens is 330 g/mol. The van der Waals surface area contributed by atoms with Crippen LogP contribution in [0.4, 0.5) is 0 Å². The van der Waals surface area contributed by atoms with Crippen LogP contribution in [0.25, 0.3) is 0 Å². The van der Waals surface area contributed by atoms with E-state index < -0.39 is 0 Å². The van der Waals surface area contributed by atoms with E-state index in [1.807, 2.05) is 0 Å². The lowest BCUT2D eigenvalue weighted by Gasteiger charge is -2.23. The molecule has 0 aliphatic rings. The van der Waals surface area contributed by atoms with Crippen molar-refractivity contribution in [2.75, 3.05) is 27.7 Å². The van der Waals surface area contributed by atoms with Gasteiger partial charge in [-0.2, -0.15) is 0 Å². The van der Waals surface area contributed by atoms with E-state index in [1.54, 1.807) is 13.8 Å². The first kappa shape index (κ1) is 30.0. The summed E-state index contributed by atoms with van der Waals surface area (Å²) in [4.78, 5) is 0. The van der Waals surface area contributed by atoms with Gasteiger partial charge in [0.15, 0.2) is 0 Å². The highest BCUT2D eigenvalue weighted by atomic mass is 35.5. The molecule has 0 aromatic rings. The third-order valence-electron chi connectivity index (χ3n) is 4.18. The Balaban J connectivity index is -0.000000867. The van der Waals surface area contributed by atoms with E-state index in [1.165, 1.54) is 96.4 Å². The molecular formula is C22H50ClNO. The molecule has 0 amide bonds. The van der Waals surface area contributed by atoms with Crippen LogP contribution in [0.15, 0.2) is 0 Å². The maximum atomic E-state index is 8.06. The number of unbranched alkanes of at least 4 members (excludes halogenated alkanes) is 13. The monoisotopic (exact) mass is 379 g/mol. The maximum Gasteiger partial charge on any atom is 0.0780 e. The molecule has 0 aromatic carbocycles. The quantitative estimate of drug-likeness (QED) is 0.340. The van der Waals surface area contributed by atoms with Crippen LogP contribution in [0.3, 0.4) is 0 Å². The fraction of sp³-hybridized carbons (Fsp3) is 1.00. The van der Waals surface area contributed by atoms with Crippen molar-refractivity contribution in [1.29, 1.82) is 0 Å². The van der Waals surface area contributed by atoms with E-state index in [2.05, 4.69) is 28.1 Å². The molecule has 0 aliphatic heterocycles. The van der Waals surface area contributed by atoms with Gasteiger partial charge in [0.25, 0.3) is 0 Å². The van der Waals surface area contributed by atoms with Crippen molar-refractivity contribution < 1.29 is 22.0 Å². The zero-order chi connectivity index (χ0) is 18.7. The fourth-order valence-corrected chi connectivity index (χ4v) is 2.78. The van der Waals surface area contributed by atoms with Gasteiger partial charge in [0, 0.05) is 6.10 Å². The molecule has 2 nitrogen and oxygen atoms in total. The Kier molecular flexibility index (Phi) is 26.7. The van der Waals surface area contributed by atoms with Gasteiger partial charge in [-0.05, 0) is 26.7 Å². The Morgan fingerprint density at radius 2 is 0.840 bits per heavy atom. The van der Waals surface area contributed by atoms with Crippen molar-refractivity contribution in [2.24, 2.45) is 0 Å². The van der Waals surface area contributed by atoms with Gasteiger partial charge >= 0.3 is 0 Å². The molecule has 0 rings (SSSR count). The van der Waals surface area contributed by atoms with E-state index in [-0.39, 0.29) is 18.5 Å². The van der Waals surface area contributed by atoms with E-state index in [0.717, 1.165) is 4.48 Å². The van der Waals surface area contributed by atoms with Crippen LogP contribution in [0.2, 0.25) is 0 Å². The summed E-state index contributed by atoms with van der Waals surface area (Å²) >= 11 is 0. The van der Waals surface area contributed by atoms with Crippen LogP contribution in [0.5, 0.6) is 0 Å². The fourth-order valence-electron chi connectivity index (χ4n) is 2.78. The van der Waals surface area contributed by atoms with Crippen molar-refractivity contribution in [2.45, 2.75) is 117 Å². The molecule has 0 unspecified atom stereocenters. The first-order valence-electron chi connectivity index (χ1n) is 10.8.